The molecule has 0 radical (unpaired) electrons. The predicted molar refractivity (Wildman–Crippen MR) is 107 cm³/mol. The van der Waals surface area contributed by atoms with Crippen molar-refractivity contribution in [2.75, 3.05) is 5.32 Å². The Hall–Kier alpha value is -3.39. The fourth-order valence-electron chi connectivity index (χ4n) is 3.02. The van der Waals surface area contributed by atoms with Crippen molar-refractivity contribution in [3.8, 4) is 21.8 Å². The van der Waals surface area contributed by atoms with E-state index in [4.69, 9.17) is 0 Å². The van der Waals surface area contributed by atoms with E-state index < -0.39 is 0 Å². The number of nitrogens with one attached hydrogen (secondary N) is 1. The molecule has 4 aromatic heterocycles. The fraction of sp³-hybridized carbons (Fsp3) is 0.150. The van der Waals surface area contributed by atoms with Crippen LogP contribution < -0.4 is 5.32 Å². The minimum Gasteiger partial charge on any atom is -0.320 e. The maximum absolute atomic E-state index is 12.7. The third-order valence-corrected chi connectivity index (χ3v) is 5.50. The van der Waals surface area contributed by atoms with Crippen molar-refractivity contribution in [2.24, 2.45) is 0 Å². The van der Waals surface area contributed by atoms with E-state index in [2.05, 4.69) is 30.0 Å². The summed E-state index contributed by atoms with van der Waals surface area (Å²) in [6, 6.07) is 9.87. The first-order valence-electron chi connectivity index (χ1n) is 8.94. The quantitative estimate of drug-likeness (QED) is 0.557. The van der Waals surface area contributed by atoms with Crippen LogP contribution in [0.1, 0.15) is 29.4 Å². The van der Waals surface area contributed by atoms with Gasteiger partial charge in [-0.1, -0.05) is 6.07 Å². The van der Waals surface area contributed by atoms with Gasteiger partial charge in [0.2, 0.25) is 0 Å². The number of pyridine rings is 2. The number of hydrogen-bond donors (Lipinski definition) is 1. The molecule has 0 bridgehead atoms. The molecule has 8 heteroatoms. The van der Waals surface area contributed by atoms with Gasteiger partial charge in [-0.15, -0.1) is 21.5 Å². The molecule has 1 saturated carbocycles. The topological polar surface area (TPSA) is 85.6 Å². The summed E-state index contributed by atoms with van der Waals surface area (Å²) in [5.41, 5.74) is 2.92. The van der Waals surface area contributed by atoms with E-state index in [1.165, 1.54) is 24.2 Å². The third-order valence-electron chi connectivity index (χ3n) is 4.58. The van der Waals surface area contributed by atoms with Gasteiger partial charge >= 0.3 is 0 Å². The van der Waals surface area contributed by atoms with Crippen molar-refractivity contribution in [3.05, 3.63) is 66.3 Å². The van der Waals surface area contributed by atoms with Gasteiger partial charge in [0.25, 0.3) is 5.91 Å². The maximum atomic E-state index is 12.7. The van der Waals surface area contributed by atoms with Gasteiger partial charge in [0.05, 0.1) is 10.6 Å². The van der Waals surface area contributed by atoms with Crippen LogP contribution in [0.2, 0.25) is 0 Å². The fourth-order valence-corrected chi connectivity index (χ4v) is 3.85. The Labute approximate surface area is 165 Å². The SMILES string of the molecule is O=C(Nc1csc(-c2nncn2C2CC2)c1)c1cc(-c2cccnc2)ccn1. The van der Waals surface area contributed by atoms with Gasteiger partial charge in [-0.3, -0.25) is 14.8 Å². The first-order valence-corrected chi connectivity index (χ1v) is 9.82. The highest BCUT2D eigenvalue weighted by Crippen LogP contribution is 2.39. The van der Waals surface area contributed by atoms with Crippen molar-refractivity contribution >= 4 is 22.9 Å². The largest absolute Gasteiger partial charge is 0.320 e. The van der Waals surface area contributed by atoms with Gasteiger partial charge in [-0.2, -0.15) is 0 Å². The third kappa shape index (κ3) is 3.29. The molecule has 1 aliphatic rings. The Morgan fingerprint density at radius 3 is 2.93 bits per heavy atom. The Balaban J connectivity index is 1.35. The number of carbonyl (C=O) groups excluding carboxylic acids is 1. The molecule has 0 aliphatic heterocycles. The number of hydrogen-bond acceptors (Lipinski definition) is 6. The van der Waals surface area contributed by atoms with Crippen molar-refractivity contribution in [3.63, 3.8) is 0 Å². The summed E-state index contributed by atoms with van der Waals surface area (Å²) in [4.78, 5) is 22.0. The van der Waals surface area contributed by atoms with Gasteiger partial charge in [-0.05, 0) is 42.7 Å². The van der Waals surface area contributed by atoms with Crippen LogP contribution in [0, 0.1) is 0 Å². The molecule has 0 atom stereocenters. The van der Waals surface area contributed by atoms with Crippen molar-refractivity contribution in [1.29, 1.82) is 0 Å². The first kappa shape index (κ1) is 16.8. The lowest BCUT2D eigenvalue weighted by molar-refractivity contribution is 0.102. The molecule has 1 aliphatic carbocycles. The average molecular weight is 388 g/mol. The molecule has 1 amide bonds. The zero-order chi connectivity index (χ0) is 18.9. The molecule has 5 rings (SSSR count). The molecule has 0 aromatic carbocycles. The van der Waals surface area contributed by atoms with Crippen molar-refractivity contribution in [1.82, 2.24) is 24.7 Å². The molecular formula is C20H16N6OS. The van der Waals surface area contributed by atoms with E-state index in [-0.39, 0.29) is 5.91 Å². The Bertz CT molecular complexity index is 1130. The van der Waals surface area contributed by atoms with E-state index >= 15 is 0 Å². The van der Waals surface area contributed by atoms with E-state index in [9.17, 15) is 4.79 Å². The van der Waals surface area contributed by atoms with Crippen molar-refractivity contribution < 1.29 is 4.79 Å². The lowest BCUT2D eigenvalue weighted by Crippen LogP contribution is -2.13. The second-order valence-electron chi connectivity index (χ2n) is 6.62. The molecule has 1 N–H and O–H groups in total. The highest BCUT2D eigenvalue weighted by Gasteiger charge is 2.27. The molecule has 1 fully saturated rings. The highest BCUT2D eigenvalue weighted by molar-refractivity contribution is 7.14. The number of anilines is 1. The standard InChI is InChI=1S/C20H16N6OS/c27-20(17-8-13(5-7-22-17)14-2-1-6-21-10-14)24-15-9-18(28-11-15)19-25-23-12-26(19)16-3-4-16/h1-2,5-12,16H,3-4H2,(H,24,27). The minimum atomic E-state index is -0.251. The maximum Gasteiger partial charge on any atom is 0.274 e. The summed E-state index contributed by atoms with van der Waals surface area (Å²) < 4.78 is 2.11. The van der Waals surface area contributed by atoms with E-state index in [1.54, 1.807) is 31.0 Å². The molecule has 0 saturated heterocycles. The van der Waals surface area contributed by atoms with Crippen LogP contribution in [-0.2, 0) is 0 Å². The molecule has 0 spiro atoms. The molecule has 138 valence electrons. The van der Waals surface area contributed by atoms with Crippen molar-refractivity contribution in [2.45, 2.75) is 18.9 Å². The lowest BCUT2D eigenvalue weighted by Gasteiger charge is -2.05. The van der Waals surface area contributed by atoms with Crippen LogP contribution in [0.15, 0.2) is 60.6 Å². The molecule has 4 aromatic rings. The molecule has 4 heterocycles. The minimum absolute atomic E-state index is 0.251. The number of carbonyl (C=O) groups is 1. The van der Waals surface area contributed by atoms with Gasteiger partial charge in [0.1, 0.15) is 12.0 Å². The first-order chi connectivity index (χ1) is 13.8. The molecule has 28 heavy (non-hydrogen) atoms. The Morgan fingerprint density at radius 2 is 2.11 bits per heavy atom. The monoisotopic (exact) mass is 388 g/mol. The second kappa shape index (κ2) is 6.97. The van der Waals surface area contributed by atoms with E-state index in [0.717, 1.165) is 27.5 Å². The van der Waals surface area contributed by atoms with Crippen LogP contribution in [0.25, 0.3) is 21.8 Å². The Morgan fingerprint density at radius 1 is 1.18 bits per heavy atom. The van der Waals surface area contributed by atoms with Gasteiger partial charge in [0.15, 0.2) is 5.82 Å². The molecule has 7 nitrogen and oxygen atoms in total. The van der Waals surface area contributed by atoms with Crippen LogP contribution in [0.3, 0.4) is 0 Å². The second-order valence-corrected chi connectivity index (χ2v) is 7.53. The summed E-state index contributed by atoms with van der Waals surface area (Å²) in [5, 5.41) is 13.1. The van der Waals surface area contributed by atoms with Crippen LogP contribution in [0.4, 0.5) is 5.69 Å². The summed E-state index contributed by atoms with van der Waals surface area (Å²) in [6.07, 6.45) is 9.22. The normalized spacial score (nSPS) is 13.4. The van der Waals surface area contributed by atoms with Crippen LogP contribution in [-0.4, -0.2) is 30.6 Å². The number of aromatic nitrogens is 5. The van der Waals surface area contributed by atoms with E-state index in [1.807, 2.05) is 29.6 Å². The van der Waals surface area contributed by atoms with Gasteiger partial charge < -0.3 is 9.88 Å². The number of amides is 1. The number of thiophene rings is 1. The molecule has 0 unspecified atom stereocenters. The smallest absolute Gasteiger partial charge is 0.274 e. The zero-order valence-electron chi connectivity index (χ0n) is 14.8. The summed E-state index contributed by atoms with van der Waals surface area (Å²) >= 11 is 1.54. The Kier molecular flexibility index (Phi) is 4.17. The van der Waals surface area contributed by atoms with Gasteiger partial charge in [0, 0.05) is 35.6 Å². The number of nitrogens with zero attached hydrogens (tertiary/aromatic N) is 5. The molecular weight excluding hydrogens is 372 g/mol. The average Bonchev–Trinajstić information content (AvgIpc) is 3.28. The summed E-state index contributed by atoms with van der Waals surface area (Å²) in [5.74, 6) is 0.600. The van der Waals surface area contributed by atoms with Gasteiger partial charge in [-0.25, -0.2) is 0 Å². The predicted octanol–water partition coefficient (Wildman–Crippen LogP) is 4.05. The number of rotatable bonds is 5. The van der Waals surface area contributed by atoms with E-state index in [0.29, 0.717) is 11.7 Å². The summed E-state index contributed by atoms with van der Waals surface area (Å²) in [7, 11) is 0. The zero-order valence-corrected chi connectivity index (χ0v) is 15.6. The lowest BCUT2D eigenvalue weighted by atomic mass is 10.1. The summed E-state index contributed by atoms with van der Waals surface area (Å²) in [6.45, 7) is 0. The van der Waals surface area contributed by atoms with Crippen LogP contribution in [0.5, 0.6) is 0 Å². The van der Waals surface area contributed by atoms with Crippen LogP contribution >= 0.6 is 11.3 Å². The highest BCUT2D eigenvalue weighted by atomic mass is 32.1.